The Labute approximate surface area is 130 Å². The number of hydrogen-bond acceptors (Lipinski definition) is 4. The zero-order chi connectivity index (χ0) is 15.6. The lowest BCUT2D eigenvalue weighted by Crippen LogP contribution is -2.35. The average Bonchev–Trinajstić information content (AvgIpc) is 2.62. The topological polar surface area (TPSA) is 73.5 Å². The Morgan fingerprint density at radius 3 is 2.81 bits per heavy atom. The van der Waals surface area contributed by atoms with Gasteiger partial charge < -0.3 is 14.5 Å². The number of amides is 1. The second kappa shape index (κ2) is 5.93. The Balaban J connectivity index is 2.03. The third-order valence-electron chi connectivity index (χ3n) is 2.63. The van der Waals surface area contributed by atoms with Gasteiger partial charge in [-0.25, -0.2) is 9.59 Å². The van der Waals surface area contributed by atoms with Crippen LogP contribution in [0.2, 0.25) is 0 Å². The van der Waals surface area contributed by atoms with Crippen LogP contribution in [0.1, 0.15) is 20.8 Å². The Morgan fingerprint density at radius 2 is 2.14 bits per heavy atom. The normalized spacial score (nSPS) is 11.6. The molecule has 0 saturated carbocycles. The number of fused-ring (bicyclic) bond motifs is 1. The van der Waals surface area contributed by atoms with Gasteiger partial charge in [-0.05, 0) is 39.0 Å². The van der Waals surface area contributed by atoms with E-state index in [-0.39, 0.29) is 6.54 Å². The first-order valence-electron chi connectivity index (χ1n) is 6.52. The molecular formula is C14H17BrN2O4. The van der Waals surface area contributed by atoms with Crippen LogP contribution < -0.4 is 11.1 Å². The van der Waals surface area contributed by atoms with Gasteiger partial charge in [-0.3, -0.25) is 4.57 Å². The van der Waals surface area contributed by atoms with Crippen LogP contribution in [-0.2, 0) is 11.3 Å². The van der Waals surface area contributed by atoms with Gasteiger partial charge in [-0.1, -0.05) is 15.9 Å². The van der Waals surface area contributed by atoms with E-state index in [9.17, 15) is 9.59 Å². The van der Waals surface area contributed by atoms with E-state index in [1.165, 1.54) is 4.57 Å². The number of hydrogen-bond donors (Lipinski definition) is 1. The van der Waals surface area contributed by atoms with E-state index < -0.39 is 17.5 Å². The summed E-state index contributed by atoms with van der Waals surface area (Å²) in [5.74, 6) is -0.450. The summed E-state index contributed by atoms with van der Waals surface area (Å²) in [6.45, 7) is 5.96. The summed E-state index contributed by atoms with van der Waals surface area (Å²) in [4.78, 5) is 23.3. The summed E-state index contributed by atoms with van der Waals surface area (Å²) in [5.41, 5.74) is 0.649. The van der Waals surface area contributed by atoms with Crippen molar-refractivity contribution >= 4 is 33.1 Å². The Morgan fingerprint density at radius 1 is 1.43 bits per heavy atom. The van der Waals surface area contributed by atoms with Crippen LogP contribution in [-0.4, -0.2) is 22.8 Å². The fraction of sp³-hybridized carbons (Fsp3) is 0.429. The third kappa shape index (κ3) is 4.10. The molecule has 1 aromatic carbocycles. The largest absolute Gasteiger partial charge is 0.444 e. The average molecular weight is 357 g/mol. The predicted molar refractivity (Wildman–Crippen MR) is 82.4 cm³/mol. The van der Waals surface area contributed by atoms with Gasteiger partial charge in [0.15, 0.2) is 5.58 Å². The highest BCUT2D eigenvalue weighted by molar-refractivity contribution is 9.10. The Kier molecular flexibility index (Phi) is 4.41. The highest BCUT2D eigenvalue weighted by Crippen LogP contribution is 2.18. The number of oxazole rings is 1. The SMILES string of the molecule is CC(C)(C)OC(=O)NCCn1c(=O)oc2cc(Br)ccc21. The van der Waals surface area contributed by atoms with Gasteiger partial charge in [0, 0.05) is 17.6 Å². The minimum Gasteiger partial charge on any atom is -0.444 e. The molecule has 2 aromatic rings. The van der Waals surface area contributed by atoms with Gasteiger partial charge in [-0.2, -0.15) is 0 Å². The summed E-state index contributed by atoms with van der Waals surface area (Å²) in [5, 5.41) is 2.61. The van der Waals surface area contributed by atoms with Gasteiger partial charge in [0.1, 0.15) is 5.60 Å². The van der Waals surface area contributed by atoms with Crippen LogP contribution in [0.25, 0.3) is 11.1 Å². The van der Waals surface area contributed by atoms with Crippen LogP contribution in [0.5, 0.6) is 0 Å². The Hall–Kier alpha value is -1.76. The van der Waals surface area contributed by atoms with Crippen LogP contribution in [0.15, 0.2) is 31.9 Å². The summed E-state index contributed by atoms with van der Waals surface area (Å²) >= 11 is 3.32. The zero-order valence-electron chi connectivity index (χ0n) is 12.1. The lowest BCUT2D eigenvalue weighted by Gasteiger charge is -2.19. The summed E-state index contributed by atoms with van der Waals surface area (Å²) in [6, 6.07) is 5.35. The Bertz CT molecular complexity index is 712. The number of carbonyl (C=O) groups is 1. The van der Waals surface area contributed by atoms with Gasteiger partial charge in [-0.15, -0.1) is 0 Å². The van der Waals surface area contributed by atoms with Crippen molar-refractivity contribution in [2.75, 3.05) is 6.54 Å². The molecule has 0 aliphatic rings. The maximum atomic E-state index is 11.8. The van der Waals surface area contributed by atoms with Crippen molar-refractivity contribution < 1.29 is 13.9 Å². The lowest BCUT2D eigenvalue weighted by atomic mass is 10.2. The van der Waals surface area contributed by atoms with Crippen molar-refractivity contribution in [3.05, 3.63) is 33.2 Å². The number of rotatable bonds is 3. The number of carbonyl (C=O) groups excluding carboxylic acids is 1. The summed E-state index contributed by atoms with van der Waals surface area (Å²) in [6.07, 6.45) is -0.508. The number of benzene rings is 1. The standard InChI is InChI=1S/C14H17BrN2O4/c1-14(2,3)21-12(18)16-6-7-17-10-5-4-9(15)8-11(10)20-13(17)19/h4-5,8H,6-7H2,1-3H3,(H,16,18). The lowest BCUT2D eigenvalue weighted by molar-refractivity contribution is 0.0526. The molecule has 0 spiro atoms. The molecule has 1 N–H and O–H groups in total. The molecule has 0 saturated heterocycles. The number of halogens is 1. The molecule has 0 atom stereocenters. The third-order valence-corrected chi connectivity index (χ3v) is 3.13. The molecule has 0 unspecified atom stereocenters. The molecule has 2 rings (SSSR count). The van der Waals surface area contributed by atoms with E-state index in [0.717, 1.165) is 4.47 Å². The van der Waals surface area contributed by atoms with Gasteiger partial charge in [0.05, 0.1) is 5.52 Å². The van der Waals surface area contributed by atoms with Crippen molar-refractivity contribution in [2.24, 2.45) is 0 Å². The fourth-order valence-corrected chi connectivity index (χ4v) is 2.18. The monoisotopic (exact) mass is 356 g/mol. The first-order chi connectivity index (χ1) is 9.76. The van der Waals surface area contributed by atoms with Crippen LogP contribution in [0.3, 0.4) is 0 Å². The number of aromatic nitrogens is 1. The molecule has 21 heavy (non-hydrogen) atoms. The van der Waals surface area contributed by atoms with E-state index in [2.05, 4.69) is 21.2 Å². The van der Waals surface area contributed by atoms with E-state index in [4.69, 9.17) is 9.15 Å². The molecule has 6 nitrogen and oxygen atoms in total. The van der Waals surface area contributed by atoms with Crippen LogP contribution in [0, 0.1) is 0 Å². The van der Waals surface area contributed by atoms with Crippen molar-refractivity contribution in [3.63, 3.8) is 0 Å². The number of alkyl carbamates (subject to hydrolysis) is 1. The fourth-order valence-electron chi connectivity index (χ4n) is 1.84. The van der Waals surface area contributed by atoms with E-state index in [0.29, 0.717) is 17.6 Å². The number of nitrogens with one attached hydrogen (secondary N) is 1. The molecule has 0 aliphatic heterocycles. The number of nitrogens with zero attached hydrogens (tertiary/aromatic N) is 1. The van der Waals surface area contributed by atoms with E-state index >= 15 is 0 Å². The minimum absolute atomic E-state index is 0.277. The van der Waals surface area contributed by atoms with E-state index in [1.807, 2.05) is 6.07 Å². The quantitative estimate of drug-likeness (QED) is 0.917. The van der Waals surface area contributed by atoms with Gasteiger partial charge >= 0.3 is 11.8 Å². The molecule has 1 heterocycles. The van der Waals surface area contributed by atoms with Crippen molar-refractivity contribution in [1.82, 2.24) is 9.88 Å². The molecule has 7 heteroatoms. The molecule has 0 fully saturated rings. The van der Waals surface area contributed by atoms with Gasteiger partial charge in [0.2, 0.25) is 0 Å². The molecule has 1 aromatic heterocycles. The molecule has 0 aliphatic carbocycles. The molecule has 114 valence electrons. The molecule has 1 amide bonds. The van der Waals surface area contributed by atoms with Crippen molar-refractivity contribution in [2.45, 2.75) is 32.9 Å². The van der Waals surface area contributed by atoms with Crippen LogP contribution in [0.4, 0.5) is 4.79 Å². The summed E-state index contributed by atoms with van der Waals surface area (Å²) in [7, 11) is 0. The molecular weight excluding hydrogens is 340 g/mol. The maximum Gasteiger partial charge on any atom is 0.420 e. The molecule has 0 bridgehead atoms. The second-order valence-electron chi connectivity index (χ2n) is 5.56. The van der Waals surface area contributed by atoms with Crippen molar-refractivity contribution in [3.8, 4) is 0 Å². The first-order valence-corrected chi connectivity index (χ1v) is 7.31. The first kappa shape index (κ1) is 15.6. The highest BCUT2D eigenvalue weighted by Gasteiger charge is 2.16. The smallest absolute Gasteiger partial charge is 0.420 e. The number of ether oxygens (including phenoxy) is 1. The second-order valence-corrected chi connectivity index (χ2v) is 6.48. The zero-order valence-corrected chi connectivity index (χ0v) is 13.7. The predicted octanol–water partition coefficient (Wildman–Crippen LogP) is 2.88. The highest BCUT2D eigenvalue weighted by atomic mass is 79.9. The summed E-state index contributed by atoms with van der Waals surface area (Å²) < 4.78 is 12.6. The molecule has 0 radical (unpaired) electrons. The van der Waals surface area contributed by atoms with E-state index in [1.54, 1.807) is 32.9 Å². The van der Waals surface area contributed by atoms with Crippen molar-refractivity contribution in [1.29, 1.82) is 0 Å². The minimum atomic E-state index is -0.546. The maximum absolute atomic E-state index is 11.8. The van der Waals surface area contributed by atoms with Gasteiger partial charge in [0.25, 0.3) is 0 Å². The van der Waals surface area contributed by atoms with Crippen LogP contribution >= 0.6 is 15.9 Å².